The van der Waals surface area contributed by atoms with Crippen molar-refractivity contribution in [2.75, 3.05) is 33.3 Å². The van der Waals surface area contributed by atoms with E-state index < -0.39 is 5.60 Å². The third kappa shape index (κ3) is 3.09. The highest BCUT2D eigenvalue weighted by molar-refractivity contribution is 6.30. The van der Waals surface area contributed by atoms with Crippen LogP contribution in [0, 0.1) is 0 Å². The lowest BCUT2D eigenvalue weighted by Gasteiger charge is -2.38. The normalized spacial score (nSPS) is 27.7. The van der Waals surface area contributed by atoms with Gasteiger partial charge in [0.2, 0.25) is 5.91 Å². The van der Waals surface area contributed by atoms with Crippen LogP contribution in [-0.4, -0.2) is 60.6 Å². The van der Waals surface area contributed by atoms with Gasteiger partial charge in [-0.05, 0) is 37.0 Å². The molecule has 7 heteroatoms. The van der Waals surface area contributed by atoms with Crippen molar-refractivity contribution in [3.63, 3.8) is 0 Å². The number of hydrogen-bond acceptors (Lipinski definition) is 3. The number of amides is 3. The Hall–Kier alpha value is -1.79. The highest BCUT2D eigenvalue weighted by atomic mass is 35.5. The van der Waals surface area contributed by atoms with Crippen molar-refractivity contribution in [2.24, 2.45) is 0 Å². The molecule has 2 aliphatic heterocycles. The first-order valence-corrected chi connectivity index (χ1v) is 9.00. The Morgan fingerprint density at radius 1 is 1.20 bits per heavy atom. The van der Waals surface area contributed by atoms with Gasteiger partial charge in [-0.3, -0.25) is 4.79 Å². The summed E-state index contributed by atoms with van der Waals surface area (Å²) in [5.41, 5.74) is 0.410. The molecule has 134 valence electrons. The summed E-state index contributed by atoms with van der Waals surface area (Å²) in [6.45, 7) is 1.80. The molecule has 0 aromatic heterocycles. The summed E-state index contributed by atoms with van der Waals surface area (Å²) in [7, 11) is 1.79. The number of likely N-dealkylation sites (tertiary alicyclic amines) is 1. The fourth-order valence-corrected chi connectivity index (χ4v) is 3.95. The Morgan fingerprint density at radius 3 is 2.56 bits per heavy atom. The van der Waals surface area contributed by atoms with Gasteiger partial charge in [0.25, 0.3) is 0 Å². The van der Waals surface area contributed by atoms with Crippen LogP contribution in [-0.2, 0) is 15.1 Å². The molecule has 4 rings (SSSR count). The van der Waals surface area contributed by atoms with Crippen molar-refractivity contribution in [3.05, 3.63) is 34.9 Å². The lowest BCUT2D eigenvalue weighted by molar-refractivity contribution is -0.158. The van der Waals surface area contributed by atoms with Crippen LogP contribution in [0.3, 0.4) is 0 Å². The van der Waals surface area contributed by atoms with E-state index in [1.54, 1.807) is 16.8 Å². The van der Waals surface area contributed by atoms with Gasteiger partial charge in [0.05, 0.1) is 18.6 Å². The molecule has 1 spiro atoms. The van der Waals surface area contributed by atoms with Gasteiger partial charge in [-0.2, -0.15) is 0 Å². The van der Waals surface area contributed by atoms with Gasteiger partial charge in [0.1, 0.15) is 12.2 Å². The summed E-state index contributed by atoms with van der Waals surface area (Å²) < 4.78 is 5.81. The number of carbonyl (C=O) groups excluding carboxylic acids is 2. The summed E-state index contributed by atoms with van der Waals surface area (Å²) in [5, 5.41) is 3.89. The van der Waals surface area contributed by atoms with Gasteiger partial charge >= 0.3 is 6.03 Å². The van der Waals surface area contributed by atoms with E-state index in [1.165, 1.54) is 0 Å². The standard InChI is InChI=1S/C18H22ClN3O3/c1-21-11-17(25-10-15(21)23)8-9-22(12-17)16(24)20-18(6-7-18)13-2-4-14(19)5-3-13/h2-5H,6-12H2,1H3,(H,20,24)/t17-/m1/s1. The molecule has 2 saturated heterocycles. The molecule has 1 atom stereocenters. The number of hydrogen-bond donors (Lipinski definition) is 1. The predicted molar refractivity (Wildman–Crippen MR) is 93.4 cm³/mol. The minimum absolute atomic E-state index is 0.00630. The number of ether oxygens (including phenoxy) is 1. The molecular formula is C18H22ClN3O3. The van der Waals surface area contributed by atoms with E-state index in [0.29, 0.717) is 24.7 Å². The van der Waals surface area contributed by atoms with E-state index in [2.05, 4.69) is 5.32 Å². The molecule has 0 bridgehead atoms. The minimum atomic E-state index is -0.420. The second-order valence-corrected chi connectivity index (χ2v) is 7.85. The second kappa shape index (κ2) is 5.88. The molecule has 1 aliphatic carbocycles. The molecule has 1 N–H and O–H groups in total. The van der Waals surface area contributed by atoms with Crippen LogP contribution in [0.15, 0.2) is 24.3 Å². The Bertz CT molecular complexity index is 704. The first-order chi connectivity index (χ1) is 11.9. The molecule has 3 amide bonds. The maximum absolute atomic E-state index is 12.8. The largest absolute Gasteiger partial charge is 0.361 e. The molecule has 0 radical (unpaired) electrons. The maximum atomic E-state index is 12.8. The lowest BCUT2D eigenvalue weighted by atomic mass is 10.0. The summed E-state index contributed by atoms with van der Waals surface area (Å²) in [4.78, 5) is 27.9. The molecule has 1 saturated carbocycles. The molecule has 1 aromatic carbocycles. The van der Waals surface area contributed by atoms with Gasteiger partial charge in [-0.1, -0.05) is 23.7 Å². The van der Waals surface area contributed by atoms with Crippen LogP contribution in [0.2, 0.25) is 5.02 Å². The Morgan fingerprint density at radius 2 is 1.92 bits per heavy atom. The monoisotopic (exact) mass is 363 g/mol. The third-order valence-corrected chi connectivity index (χ3v) is 5.80. The van der Waals surface area contributed by atoms with Gasteiger partial charge in [0, 0.05) is 18.6 Å². The summed E-state index contributed by atoms with van der Waals surface area (Å²) in [6.07, 6.45) is 2.63. The highest BCUT2D eigenvalue weighted by Gasteiger charge is 2.49. The SMILES string of the molecule is CN1C[C@@]2(CCN(C(=O)NC3(c4ccc(Cl)cc4)CC3)C2)OCC1=O. The highest BCUT2D eigenvalue weighted by Crippen LogP contribution is 2.46. The zero-order valence-corrected chi connectivity index (χ0v) is 15.0. The van der Waals surface area contributed by atoms with Crippen LogP contribution < -0.4 is 5.32 Å². The Balaban J connectivity index is 1.41. The first kappa shape index (κ1) is 16.7. The fraction of sp³-hybridized carbons (Fsp3) is 0.556. The molecular weight excluding hydrogens is 342 g/mol. The molecule has 3 fully saturated rings. The predicted octanol–water partition coefficient (Wildman–Crippen LogP) is 1.97. The molecule has 25 heavy (non-hydrogen) atoms. The van der Waals surface area contributed by atoms with Crippen LogP contribution >= 0.6 is 11.6 Å². The van der Waals surface area contributed by atoms with Crippen molar-refractivity contribution in [2.45, 2.75) is 30.4 Å². The van der Waals surface area contributed by atoms with E-state index in [-0.39, 0.29) is 24.1 Å². The van der Waals surface area contributed by atoms with Crippen molar-refractivity contribution in [1.82, 2.24) is 15.1 Å². The molecule has 1 aromatic rings. The van der Waals surface area contributed by atoms with E-state index in [4.69, 9.17) is 16.3 Å². The van der Waals surface area contributed by atoms with Crippen LogP contribution in [0.1, 0.15) is 24.8 Å². The Kier molecular flexibility index (Phi) is 3.92. The van der Waals surface area contributed by atoms with Crippen molar-refractivity contribution in [1.29, 1.82) is 0 Å². The number of nitrogens with zero attached hydrogens (tertiary/aromatic N) is 2. The van der Waals surface area contributed by atoms with Gasteiger partial charge in [-0.25, -0.2) is 4.79 Å². The average molecular weight is 364 g/mol. The van der Waals surface area contributed by atoms with Gasteiger partial charge in [-0.15, -0.1) is 0 Å². The number of likely N-dealkylation sites (N-methyl/N-ethyl adjacent to an activating group) is 1. The number of morpholine rings is 1. The van der Waals surface area contributed by atoms with Gasteiger partial charge in [0.15, 0.2) is 0 Å². The van der Waals surface area contributed by atoms with Crippen LogP contribution in [0.5, 0.6) is 0 Å². The number of urea groups is 1. The number of rotatable bonds is 2. The van der Waals surface area contributed by atoms with Crippen LogP contribution in [0.4, 0.5) is 4.79 Å². The number of halogens is 1. The van der Waals surface area contributed by atoms with Crippen LogP contribution in [0.25, 0.3) is 0 Å². The smallest absolute Gasteiger partial charge is 0.318 e. The van der Waals surface area contributed by atoms with Gasteiger partial charge < -0.3 is 19.9 Å². The van der Waals surface area contributed by atoms with Crippen molar-refractivity contribution in [3.8, 4) is 0 Å². The number of nitrogens with one attached hydrogen (secondary N) is 1. The van der Waals surface area contributed by atoms with Crippen molar-refractivity contribution >= 4 is 23.5 Å². The van der Waals surface area contributed by atoms with E-state index in [9.17, 15) is 9.59 Å². The summed E-state index contributed by atoms with van der Waals surface area (Å²) in [5.74, 6) is -0.00630. The topological polar surface area (TPSA) is 61.9 Å². The number of benzene rings is 1. The fourth-order valence-electron chi connectivity index (χ4n) is 3.82. The Labute approximate surface area is 152 Å². The second-order valence-electron chi connectivity index (χ2n) is 7.41. The van der Waals surface area contributed by atoms with E-state index in [0.717, 1.165) is 24.8 Å². The number of carbonyl (C=O) groups is 2. The molecule has 6 nitrogen and oxygen atoms in total. The quantitative estimate of drug-likeness (QED) is 0.873. The minimum Gasteiger partial charge on any atom is -0.361 e. The molecule has 2 heterocycles. The van der Waals surface area contributed by atoms with E-state index in [1.807, 2.05) is 24.3 Å². The van der Waals surface area contributed by atoms with Crippen molar-refractivity contribution < 1.29 is 14.3 Å². The zero-order chi connectivity index (χ0) is 17.7. The maximum Gasteiger partial charge on any atom is 0.318 e. The summed E-state index contributed by atoms with van der Waals surface area (Å²) in [6, 6.07) is 7.61. The first-order valence-electron chi connectivity index (χ1n) is 8.63. The lowest BCUT2D eigenvalue weighted by Crippen LogP contribution is -2.55. The molecule has 0 unspecified atom stereocenters. The average Bonchev–Trinajstić information content (AvgIpc) is 3.25. The zero-order valence-electron chi connectivity index (χ0n) is 14.3. The summed E-state index contributed by atoms with van der Waals surface area (Å²) >= 11 is 5.96. The third-order valence-electron chi connectivity index (χ3n) is 5.55. The molecule has 3 aliphatic rings. The van der Waals surface area contributed by atoms with E-state index >= 15 is 0 Å².